The van der Waals surface area contributed by atoms with Crippen molar-refractivity contribution in [3.8, 4) is 0 Å². The molecule has 1 aromatic heterocycles. The van der Waals surface area contributed by atoms with Gasteiger partial charge in [0.1, 0.15) is 5.82 Å². The molecule has 3 N–H and O–H groups in total. The first-order chi connectivity index (χ1) is 7.83. The molecule has 0 spiro atoms. The van der Waals surface area contributed by atoms with Crippen molar-refractivity contribution in [1.29, 1.82) is 0 Å². The minimum absolute atomic E-state index is 0.661. The van der Waals surface area contributed by atoms with Gasteiger partial charge >= 0.3 is 0 Å². The van der Waals surface area contributed by atoms with Crippen molar-refractivity contribution in [1.82, 2.24) is 20.6 Å². The molecule has 90 valence electrons. The maximum absolute atomic E-state index is 5.08. The highest BCUT2D eigenvalue weighted by atomic mass is 32.1. The molecule has 5 nitrogen and oxygen atoms in total. The van der Waals surface area contributed by atoms with E-state index in [-0.39, 0.29) is 0 Å². The molecule has 0 saturated carbocycles. The molecule has 0 saturated heterocycles. The molecule has 0 aliphatic heterocycles. The lowest BCUT2D eigenvalue weighted by Crippen LogP contribution is -2.37. The Morgan fingerprint density at radius 3 is 3.00 bits per heavy atom. The van der Waals surface area contributed by atoms with E-state index >= 15 is 0 Å². The number of aryl methyl sites for hydroxylation is 1. The first-order valence-electron chi connectivity index (χ1n) is 5.32. The number of thiocarbonyl (C=S) groups is 1. The number of nitrogens with one attached hydrogen (secondary N) is 3. The van der Waals surface area contributed by atoms with Crippen LogP contribution in [0.4, 0.5) is 0 Å². The lowest BCUT2D eigenvalue weighted by atomic mass is 10.3. The number of nitrogens with zero attached hydrogens (tertiary/aromatic N) is 1. The van der Waals surface area contributed by atoms with Crippen molar-refractivity contribution in [2.24, 2.45) is 0 Å². The molecule has 0 bridgehead atoms. The zero-order valence-electron chi connectivity index (χ0n) is 9.45. The Labute approximate surface area is 101 Å². The van der Waals surface area contributed by atoms with Gasteiger partial charge in [0.05, 0.1) is 6.61 Å². The molecule has 16 heavy (non-hydrogen) atoms. The van der Waals surface area contributed by atoms with E-state index in [4.69, 9.17) is 17.0 Å². The zero-order valence-corrected chi connectivity index (χ0v) is 10.3. The number of ether oxygens (including phenoxy) is 1. The Morgan fingerprint density at radius 2 is 2.31 bits per heavy atom. The summed E-state index contributed by atoms with van der Waals surface area (Å²) in [6, 6.07) is 0. The standard InChI is InChI=1S/C10H18N4OS/c1-15-8-7-14-10(16)13-4-2-3-9-11-5-6-12-9/h5-6H,2-4,7-8H2,1H3,(H,11,12)(H2,13,14,16). The van der Waals surface area contributed by atoms with E-state index < -0.39 is 0 Å². The third-order valence-corrected chi connectivity index (χ3v) is 2.31. The number of hydrogen-bond donors (Lipinski definition) is 3. The molecule has 0 aromatic carbocycles. The summed E-state index contributed by atoms with van der Waals surface area (Å²) >= 11 is 5.08. The molecule has 0 fully saturated rings. The first kappa shape index (κ1) is 12.9. The Morgan fingerprint density at radius 1 is 1.50 bits per heavy atom. The lowest BCUT2D eigenvalue weighted by molar-refractivity contribution is 0.204. The molecular formula is C10H18N4OS. The highest BCUT2D eigenvalue weighted by Crippen LogP contribution is 1.92. The van der Waals surface area contributed by atoms with Gasteiger partial charge in [0.15, 0.2) is 5.11 Å². The average Bonchev–Trinajstić information content (AvgIpc) is 2.78. The smallest absolute Gasteiger partial charge is 0.166 e. The number of imidazole rings is 1. The van der Waals surface area contributed by atoms with Gasteiger partial charge in [-0.05, 0) is 18.6 Å². The maximum atomic E-state index is 5.08. The van der Waals surface area contributed by atoms with E-state index in [1.807, 2.05) is 6.20 Å². The third-order valence-electron chi connectivity index (χ3n) is 2.02. The van der Waals surface area contributed by atoms with Gasteiger partial charge in [0, 0.05) is 39.0 Å². The van der Waals surface area contributed by atoms with Crippen molar-refractivity contribution >= 4 is 17.3 Å². The Kier molecular flexibility index (Phi) is 6.52. The second-order valence-corrected chi connectivity index (χ2v) is 3.72. The Bertz CT molecular complexity index is 289. The molecule has 0 amide bonds. The van der Waals surface area contributed by atoms with Crippen molar-refractivity contribution < 1.29 is 4.74 Å². The van der Waals surface area contributed by atoms with Gasteiger partial charge in [-0.2, -0.15) is 0 Å². The predicted molar refractivity (Wildman–Crippen MR) is 67.4 cm³/mol. The summed E-state index contributed by atoms with van der Waals surface area (Å²) in [5.74, 6) is 1.01. The van der Waals surface area contributed by atoms with Crippen LogP contribution in [0.1, 0.15) is 12.2 Å². The summed E-state index contributed by atoms with van der Waals surface area (Å²) in [6.45, 7) is 2.24. The fraction of sp³-hybridized carbons (Fsp3) is 0.600. The molecule has 1 aromatic rings. The van der Waals surface area contributed by atoms with Crippen LogP contribution in [0.25, 0.3) is 0 Å². The fourth-order valence-corrected chi connectivity index (χ4v) is 1.43. The van der Waals surface area contributed by atoms with E-state index in [2.05, 4.69) is 20.6 Å². The van der Waals surface area contributed by atoms with Gasteiger partial charge in [-0.25, -0.2) is 4.98 Å². The monoisotopic (exact) mass is 242 g/mol. The van der Waals surface area contributed by atoms with Crippen LogP contribution in [-0.2, 0) is 11.2 Å². The van der Waals surface area contributed by atoms with Crippen LogP contribution in [0.15, 0.2) is 12.4 Å². The Balaban J connectivity index is 1.96. The van der Waals surface area contributed by atoms with Crippen LogP contribution < -0.4 is 10.6 Å². The molecule has 0 aliphatic carbocycles. The van der Waals surface area contributed by atoms with Crippen LogP contribution in [0.5, 0.6) is 0 Å². The summed E-state index contributed by atoms with van der Waals surface area (Å²) < 4.78 is 4.90. The summed E-state index contributed by atoms with van der Waals surface area (Å²) in [6.07, 6.45) is 5.53. The molecule has 6 heteroatoms. The number of hydrogen-bond acceptors (Lipinski definition) is 3. The Hall–Kier alpha value is -1.14. The van der Waals surface area contributed by atoms with Gasteiger partial charge in [-0.15, -0.1) is 0 Å². The number of aromatic nitrogens is 2. The predicted octanol–water partition coefficient (Wildman–Crippen LogP) is 0.453. The lowest BCUT2D eigenvalue weighted by Gasteiger charge is -2.09. The summed E-state index contributed by atoms with van der Waals surface area (Å²) in [7, 11) is 1.67. The largest absolute Gasteiger partial charge is 0.383 e. The molecule has 0 atom stereocenters. The number of rotatable bonds is 7. The van der Waals surface area contributed by atoms with E-state index in [1.54, 1.807) is 13.3 Å². The van der Waals surface area contributed by atoms with Crippen LogP contribution in [0.2, 0.25) is 0 Å². The number of methoxy groups -OCH3 is 1. The first-order valence-corrected chi connectivity index (χ1v) is 5.72. The summed E-state index contributed by atoms with van der Waals surface area (Å²) in [5, 5.41) is 6.85. The minimum atomic E-state index is 0.661. The SMILES string of the molecule is COCCNC(=S)NCCCc1ncc[nH]1. The highest BCUT2D eigenvalue weighted by molar-refractivity contribution is 7.80. The van der Waals surface area contributed by atoms with Gasteiger partial charge in [-0.3, -0.25) is 0 Å². The van der Waals surface area contributed by atoms with Crippen molar-refractivity contribution in [2.45, 2.75) is 12.8 Å². The zero-order chi connectivity index (χ0) is 11.6. The van der Waals surface area contributed by atoms with E-state index in [1.165, 1.54) is 0 Å². The second kappa shape index (κ2) is 8.06. The van der Waals surface area contributed by atoms with Crippen molar-refractivity contribution in [2.75, 3.05) is 26.8 Å². The quantitative estimate of drug-likeness (QED) is 0.479. The van der Waals surface area contributed by atoms with Crippen LogP contribution in [0, 0.1) is 0 Å². The van der Waals surface area contributed by atoms with E-state index in [0.29, 0.717) is 11.7 Å². The van der Waals surface area contributed by atoms with Crippen molar-refractivity contribution in [3.05, 3.63) is 18.2 Å². The summed E-state index contributed by atoms with van der Waals surface area (Å²) in [4.78, 5) is 7.21. The normalized spacial score (nSPS) is 10.1. The second-order valence-electron chi connectivity index (χ2n) is 3.31. The van der Waals surface area contributed by atoms with E-state index in [9.17, 15) is 0 Å². The number of H-pyrrole nitrogens is 1. The molecule has 1 heterocycles. The third kappa shape index (κ3) is 5.67. The van der Waals surface area contributed by atoms with Crippen molar-refractivity contribution in [3.63, 3.8) is 0 Å². The van der Waals surface area contributed by atoms with Gasteiger partial charge in [0.2, 0.25) is 0 Å². The topological polar surface area (TPSA) is 62.0 Å². The molecule has 0 aliphatic rings. The minimum Gasteiger partial charge on any atom is -0.383 e. The highest BCUT2D eigenvalue weighted by Gasteiger charge is 1.96. The molecule has 0 unspecified atom stereocenters. The molecule has 0 radical (unpaired) electrons. The van der Waals surface area contributed by atoms with Gasteiger partial charge < -0.3 is 20.4 Å². The summed E-state index contributed by atoms with van der Waals surface area (Å²) in [5.41, 5.74) is 0. The maximum Gasteiger partial charge on any atom is 0.166 e. The number of aromatic amines is 1. The molecular weight excluding hydrogens is 224 g/mol. The average molecular weight is 242 g/mol. The van der Waals surface area contributed by atoms with Gasteiger partial charge in [0.25, 0.3) is 0 Å². The van der Waals surface area contributed by atoms with Crippen LogP contribution in [0.3, 0.4) is 0 Å². The molecule has 1 rings (SSSR count). The van der Waals surface area contributed by atoms with Crippen LogP contribution in [-0.4, -0.2) is 41.9 Å². The van der Waals surface area contributed by atoms with Gasteiger partial charge in [-0.1, -0.05) is 0 Å². The van der Waals surface area contributed by atoms with Crippen LogP contribution >= 0.6 is 12.2 Å². The van der Waals surface area contributed by atoms with E-state index in [0.717, 1.165) is 31.8 Å². The fourth-order valence-electron chi connectivity index (χ4n) is 1.22.